The van der Waals surface area contributed by atoms with Gasteiger partial charge in [0.1, 0.15) is 6.04 Å². The number of likely N-dealkylation sites (N-methyl/N-ethyl adjacent to an activating group) is 1. The maximum Gasteiger partial charge on any atom is 0.244 e. The van der Waals surface area contributed by atoms with Crippen molar-refractivity contribution in [1.29, 1.82) is 0 Å². The largest absolute Gasteiger partial charge is 0.379 e. The summed E-state index contributed by atoms with van der Waals surface area (Å²) < 4.78 is 5.38. The monoisotopic (exact) mass is 285 g/mol. The summed E-state index contributed by atoms with van der Waals surface area (Å²) in [5.74, 6) is -0.400. The molecular formula is C14H27N3O3. The molecule has 116 valence electrons. The molecule has 0 bridgehead atoms. The van der Waals surface area contributed by atoms with Gasteiger partial charge in [0.25, 0.3) is 0 Å². The maximum atomic E-state index is 12.2. The number of amides is 2. The molecule has 0 aromatic carbocycles. The summed E-state index contributed by atoms with van der Waals surface area (Å²) in [7, 11) is 1.73. The van der Waals surface area contributed by atoms with E-state index in [9.17, 15) is 9.59 Å². The molecule has 0 aliphatic carbocycles. The third-order valence-electron chi connectivity index (χ3n) is 3.65. The summed E-state index contributed by atoms with van der Waals surface area (Å²) >= 11 is 0. The molecule has 0 aromatic heterocycles. The molecule has 2 N–H and O–H groups in total. The Labute approximate surface area is 121 Å². The number of ether oxygens (including phenoxy) is 1. The summed E-state index contributed by atoms with van der Waals surface area (Å²) in [4.78, 5) is 25.8. The Balaban J connectivity index is 2.50. The van der Waals surface area contributed by atoms with Gasteiger partial charge in [0, 0.05) is 19.6 Å². The van der Waals surface area contributed by atoms with Crippen molar-refractivity contribution in [3.8, 4) is 0 Å². The van der Waals surface area contributed by atoms with E-state index in [1.165, 1.54) is 0 Å². The van der Waals surface area contributed by atoms with Crippen LogP contribution >= 0.6 is 0 Å². The van der Waals surface area contributed by atoms with Gasteiger partial charge in [0.2, 0.25) is 11.8 Å². The van der Waals surface area contributed by atoms with Crippen molar-refractivity contribution in [2.24, 2.45) is 5.92 Å². The number of hydrogen-bond acceptors (Lipinski definition) is 4. The second-order valence-corrected chi connectivity index (χ2v) is 5.29. The lowest BCUT2D eigenvalue weighted by molar-refractivity contribution is -0.136. The van der Waals surface area contributed by atoms with Crippen LogP contribution in [0, 0.1) is 5.92 Å². The third kappa shape index (κ3) is 4.45. The van der Waals surface area contributed by atoms with Gasteiger partial charge >= 0.3 is 0 Å². The lowest BCUT2D eigenvalue weighted by atomic mass is 10.0. The van der Waals surface area contributed by atoms with Crippen LogP contribution in [-0.4, -0.2) is 62.1 Å². The van der Waals surface area contributed by atoms with Gasteiger partial charge in [-0.1, -0.05) is 6.92 Å². The molecule has 6 nitrogen and oxygen atoms in total. The number of rotatable bonds is 7. The van der Waals surface area contributed by atoms with Crippen LogP contribution in [0.3, 0.4) is 0 Å². The molecule has 1 heterocycles. The van der Waals surface area contributed by atoms with Gasteiger partial charge in [0.15, 0.2) is 0 Å². The van der Waals surface area contributed by atoms with E-state index in [0.29, 0.717) is 19.8 Å². The van der Waals surface area contributed by atoms with Gasteiger partial charge in [0.05, 0.1) is 19.1 Å². The average Bonchev–Trinajstić information content (AvgIpc) is 2.91. The lowest BCUT2D eigenvalue weighted by Crippen LogP contribution is -2.50. The maximum absolute atomic E-state index is 12.2. The van der Waals surface area contributed by atoms with Gasteiger partial charge in [-0.05, 0) is 26.8 Å². The van der Waals surface area contributed by atoms with Crippen LogP contribution in [0.25, 0.3) is 0 Å². The molecule has 0 aromatic rings. The topological polar surface area (TPSA) is 70.7 Å². The summed E-state index contributed by atoms with van der Waals surface area (Å²) in [6.07, 6.45) is 1.01. The molecule has 0 radical (unpaired) electrons. The van der Waals surface area contributed by atoms with E-state index in [1.807, 2.05) is 6.92 Å². The zero-order valence-electron chi connectivity index (χ0n) is 12.9. The Morgan fingerprint density at radius 3 is 2.65 bits per heavy atom. The van der Waals surface area contributed by atoms with Gasteiger partial charge in [-0.25, -0.2) is 0 Å². The fourth-order valence-electron chi connectivity index (χ4n) is 2.21. The summed E-state index contributed by atoms with van der Waals surface area (Å²) in [6.45, 7) is 8.17. The van der Waals surface area contributed by atoms with Gasteiger partial charge in [-0.2, -0.15) is 0 Å². The second kappa shape index (κ2) is 8.21. The highest BCUT2D eigenvalue weighted by Gasteiger charge is 2.34. The first-order chi connectivity index (χ1) is 9.51. The summed E-state index contributed by atoms with van der Waals surface area (Å²) in [5, 5.41) is 6.11. The van der Waals surface area contributed by atoms with E-state index in [2.05, 4.69) is 17.6 Å². The third-order valence-corrected chi connectivity index (χ3v) is 3.65. The number of carbonyl (C=O) groups excluding carboxylic acids is 2. The van der Waals surface area contributed by atoms with Crippen molar-refractivity contribution in [2.75, 3.05) is 33.4 Å². The molecule has 1 aliphatic rings. The van der Waals surface area contributed by atoms with Crippen molar-refractivity contribution in [3.05, 3.63) is 0 Å². The van der Waals surface area contributed by atoms with Crippen molar-refractivity contribution >= 4 is 11.8 Å². The Hall–Kier alpha value is -1.14. The number of carbonyl (C=O) groups is 2. The van der Waals surface area contributed by atoms with Crippen LogP contribution in [0.5, 0.6) is 0 Å². The van der Waals surface area contributed by atoms with Gasteiger partial charge in [-0.15, -0.1) is 0 Å². The normalized spacial score (nSPS) is 23.4. The first-order valence-electron chi connectivity index (χ1n) is 7.37. The first-order valence-corrected chi connectivity index (χ1v) is 7.37. The molecule has 0 spiro atoms. The Morgan fingerprint density at radius 1 is 1.35 bits per heavy atom. The Morgan fingerprint density at radius 2 is 2.05 bits per heavy atom. The number of nitrogens with zero attached hydrogens (tertiary/aromatic N) is 1. The summed E-state index contributed by atoms with van der Waals surface area (Å²) in [6, 6.07) is -0.457. The first kappa shape index (κ1) is 16.9. The average molecular weight is 285 g/mol. The van der Waals surface area contributed by atoms with Crippen molar-refractivity contribution in [1.82, 2.24) is 15.5 Å². The highest BCUT2D eigenvalue weighted by Crippen LogP contribution is 2.14. The Kier molecular flexibility index (Phi) is 6.95. The van der Waals surface area contributed by atoms with E-state index in [4.69, 9.17) is 4.74 Å². The molecule has 1 saturated heterocycles. The fraction of sp³-hybridized carbons (Fsp3) is 0.857. The lowest BCUT2D eigenvalue weighted by Gasteiger charge is -2.23. The van der Waals surface area contributed by atoms with Crippen LogP contribution in [-0.2, 0) is 14.3 Å². The predicted octanol–water partition coefficient (Wildman–Crippen LogP) is -0.0160. The van der Waals surface area contributed by atoms with E-state index >= 15 is 0 Å². The van der Waals surface area contributed by atoms with E-state index < -0.39 is 6.04 Å². The molecule has 2 amide bonds. The highest BCUT2D eigenvalue weighted by atomic mass is 16.5. The molecule has 1 rings (SSSR count). The van der Waals surface area contributed by atoms with Crippen LogP contribution in [0.2, 0.25) is 0 Å². The van der Waals surface area contributed by atoms with Crippen molar-refractivity contribution < 1.29 is 14.3 Å². The van der Waals surface area contributed by atoms with Crippen molar-refractivity contribution in [3.63, 3.8) is 0 Å². The predicted molar refractivity (Wildman–Crippen MR) is 77.3 cm³/mol. The van der Waals surface area contributed by atoms with Gasteiger partial charge in [-0.3, -0.25) is 9.59 Å². The molecular weight excluding hydrogens is 258 g/mol. The fourth-order valence-corrected chi connectivity index (χ4v) is 2.21. The molecule has 3 unspecified atom stereocenters. The smallest absolute Gasteiger partial charge is 0.244 e. The Bertz CT molecular complexity index is 336. The van der Waals surface area contributed by atoms with Crippen LogP contribution < -0.4 is 10.6 Å². The molecule has 0 saturated carbocycles. The molecule has 1 fully saturated rings. The number of hydrogen-bond donors (Lipinski definition) is 2. The molecule has 3 atom stereocenters. The zero-order chi connectivity index (χ0) is 15.1. The highest BCUT2D eigenvalue weighted by molar-refractivity contribution is 5.88. The molecule has 20 heavy (non-hydrogen) atoms. The molecule has 1 aliphatic heterocycles. The standard InChI is InChI=1S/C14H27N3O3/c1-5-7-15-12-9-20-8-11(12)13(18)16-10(3)14(19)17(4)6-2/h10-12,15H,5-9H2,1-4H3,(H,16,18). The van der Waals surface area contributed by atoms with E-state index in [-0.39, 0.29) is 23.8 Å². The van der Waals surface area contributed by atoms with E-state index in [1.54, 1.807) is 18.9 Å². The minimum Gasteiger partial charge on any atom is -0.379 e. The van der Waals surface area contributed by atoms with E-state index in [0.717, 1.165) is 13.0 Å². The molecule has 6 heteroatoms. The summed E-state index contributed by atoms with van der Waals surface area (Å²) in [5.41, 5.74) is 0. The quantitative estimate of drug-likeness (QED) is 0.690. The van der Waals surface area contributed by atoms with Crippen LogP contribution in [0.15, 0.2) is 0 Å². The zero-order valence-corrected chi connectivity index (χ0v) is 12.9. The van der Waals surface area contributed by atoms with Crippen molar-refractivity contribution in [2.45, 2.75) is 39.3 Å². The minimum atomic E-state index is -0.500. The van der Waals surface area contributed by atoms with Gasteiger partial charge < -0.3 is 20.3 Å². The second-order valence-electron chi connectivity index (χ2n) is 5.29. The van der Waals surface area contributed by atoms with Crippen LogP contribution in [0.1, 0.15) is 27.2 Å². The SMILES string of the molecule is CCCNC1COCC1C(=O)NC(C)C(=O)N(C)CC. The number of nitrogens with one attached hydrogen (secondary N) is 2. The van der Waals surface area contributed by atoms with Crippen LogP contribution in [0.4, 0.5) is 0 Å². The minimum absolute atomic E-state index is 0.0427.